The molecule has 0 spiro atoms. The third-order valence-electron chi connectivity index (χ3n) is 7.37. The summed E-state index contributed by atoms with van der Waals surface area (Å²) in [6.45, 7) is 8.68. The highest BCUT2D eigenvalue weighted by Crippen LogP contribution is 2.29. The number of nitrogens with zero attached hydrogens (tertiary/aromatic N) is 2. The second-order valence-electron chi connectivity index (χ2n) is 9.73. The van der Waals surface area contributed by atoms with Crippen molar-refractivity contribution in [1.82, 2.24) is 15.1 Å². The molecule has 0 aromatic heterocycles. The number of piperazine rings is 1. The molecule has 2 aromatic rings. The molecule has 4 rings (SSSR count). The van der Waals surface area contributed by atoms with Crippen LogP contribution in [0.2, 0.25) is 5.02 Å². The zero-order valence-electron chi connectivity index (χ0n) is 21.5. The monoisotopic (exact) mass is 689 g/mol. The van der Waals surface area contributed by atoms with E-state index in [0.29, 0.717) is 22.2 Å². The van der Waals surface area contributed by atoms with Gasteiger partial charge in [0.15, 0.2) is 9.84 Å². The molecule has 2 heterocycles. The number of halogens is 3. The zero-order chi connectivity index (χ0) is 27.3. The Morgan fingerprint density at radius 3 is 2.37 bits per heavy atom. The minimum atomic E-state index is -3.44. The number of nitrogens with one attached hydrogen (secondary N) is 1. The molecule has 38 heavy (non-hydrogen) atoms. The predicted octanol–water partition coefficient (Wildman–Crippen LogP) is 4.93. The highest BCUT2D eigenvalue weighted by Gasteiger charge is 2.25. The molecule has 1 amide bonds. The van der Waals surface area contributed by atoms with Crippen molar-refractivity contribution in [3.05, 3.63) is 61.0 Å². The lowest BCUT2D eigenvalue weighted by Crippen LogP contribution is -2.51. The summed E-state index contributed by atoms with van der Waals surface area (Å²) in [5, 5.41) is 3.26. The number of carbonyl (C=O) groups is 1. The first-order valence-electron chi connectivity index (χ1n) is 13.0. The Morgan fingerprint density at radius 1 is 1.08 bits per heavy atom. The second kappa shape index (κ2) is 13.6. The fourth-order valence-electron chi connectivity index (χ4n) is 5.07. The average Bonchev–Trinajstić information content (AvgIpc) is 2.92. The van der Waals surface area contributed by atoms with E-state index in [4.69, 9.17) is 16.3 Å². The third kappa shape index (κ3) is 7.59. The SMILES string of the molecule is CCS(=O)(=O)c1ccc(Cl)cc1CNC(=O)c1cc(Br)c(CCN2CCN(C3CCOCC3)CC2)c(Br)c1. The van der Waals surface area contributed by atoms with Crippen LogP contribution >= 0.6 is 43.5 Å². The Labute approximate surface area is 247 Å². The highest BCUT2D eigenvalue weighted by molar-refractivity contribution is 9.11. The number of ether oxygens (including phenoxy) is 1. The van der Waals surface area contributed by atoms with Gasteiger partial charge < -0.3 is 15.0 Å². The van der Waals surface area contributed by atoms with Gasteiger partial charge in [0, 0.05) is 78.1 Å². The summed E-state index contributed by atoms with van der Waals surface area (Å²) in [7, 11) is -3.44. The molecular weight excluding hydrogens is 658 g/mol. The summed E-state index contributed by atoms with van der Waals surface area (Å²) in [6, 6.07) is 8.93. The summed E-state index contributed by atoms with van der Waals surface area (Å²) in [5.41, 5.74) is 2.08. The highest BCUT2D eigenvalue weighted by atomic mass is 79.9. The van der Waals surface area contributed by atoms with Gasteiger partial charge in [0.05, 0.1) is 10.6 Å². The van der Waals surface area contributed by atoms with E-state index in [1.54, 1.807) is 19.1 Å². The maximum atomic E-state index is 13.0. The van der Waals surface area contributed by atoms with E-state index in [-0.39, 0.29) is 23.1 Å². The Bertz CT molecular complexity index is 1220. The Balaban J connectivity index is 1.34. The molecular formula is C27H34Br2ClN3O4S. The molecule has 0 unspecified atom stereocenters. The van der Waals surface area contributed by atoms with Crippen molar-refractivity contribution in [1.29, 1.82) is 0 Å². The number of hydrogen-bond acceptors (Lipinski definition) is 6. The van der Waals surface area contributed by atoms with Crippen LogP contribution in [0.4, 0.5) is 0 Å². The molecule has 2 aromatic carbocycles. The van der Waals surface area contributed by atoms with Crippen molar-refractivity contribution in [2.24, 2.45) is 0 Å². The molecule has 208 valence electrons. The van der Waals surface area contributed by atoms with E-state index in [2.05, 4.69) is 47.0 Å². The van der Waals surface area contributed by atoms with Crippen molar-refractivity contribution in [3.8, 4) is 0 Å². The van der Waals surface area contributed by atoms with Gasteiger partial charge in [-0.1, -0.05) is 50.4 Å². The van der Waals surface area contributed by atoms with Gasteiger partial charge in [0.1, 0.15) is 0 Å². The van der Waals surface area contributed by atoms with Gasteiger partial charge in [-0.15, -0.1) is 0 Å². The summed E-state index contributed by atoms with van der Waals surface area (Å²) >= 11 is 13.4. The third-order valence-corrected chi connectivity index (χ3v) is 10.9. The van der Waals surface area contributed by atoms with Gasteiger partial charge in [0.25, 0.3) is 5.91 Å². The molecule has 2 fully saturated rings. The molecule has 0 radical (unpaired) electrons. The van der Waals surface area contributed by atoms with E-state index < -0.39 is 9.84 Å². The number of amides is 1. The Hall–Kier alpha value is -1.01. The fraction of sp³-hybridized carbons (Fsp3) is 0.519. The Kier molecular flexibility index (Phi) is 10.7. The first-order chi connectivity index (χ1) is 18.2. The Morgan fingerprint density at radius 2 is 1.74 bits per heavy atom. The van der Waals surface area contributed by atoms with Crippen molar-refractivity contribution >= 4 is 59.2 Å². The summed E-state index contributed by atoms with van der Waals surface area (Å²) < 4.78 is 32.2. The van der Waals surface area contributed by atoms with Crippen LogP contribution in [0.15, 0.2) is 44.2 Å². The maximum Gasteiger partial charge on any atom is 0.251 e. The van der Waals surface area contributed by atoms with Crippen molar-refractivity contribution < 1.29 is 17.9 Å². The molecule has 2 aliphatic heterocycles. The molecule has 0 atom stereocenters. The van der Waals surface area contributed by atoms with Crippen LogP contribution in [-0.4, -0.2) is 81.9 Å². The molecule has 0 saturated carbocycles. The van der Waals surface area contributed by atoms with Crippen molar-refractivity contribution in [3.63, 3.8) is 0 Å². The van der Waals surface area contributed by atoms with E-state index >= 15 is 0 Å². The number of sulfone groups is 1. The normalized spacial score (nSPS) is 18.0. The summed E-state index contributed by atoms with van der Waals surface area (Å²) in [5.74, 6) is -0.315. The molecule has 7 nitrogen and oxygen atoms in total. The largest absolute Gasteiger partial charge is 0.381 e. The van der Waals surface area contributed by atoms with Crippen LogP contribution in [0.5, 0.6) is 0 Å². The quantitative estimate of drug-likeness (QED) is 0.402. The molecule has 0 bridgehead atoms. The van der Waals surface area contributed by atoms with Gasteiger partial charge in [0.2, 0.25) is 0 Å². The zero-order valence-corrected chi connectivity index (χ0v) is 26.3. The minimum absolute atomic E-state index is 0.0252. The maximum absolute atomic E-state index is 13.0. The van der Waals surface area contributed by atoms with Crippen LogP contribution in [0, 0.1) is 0 Å². The van der Waals surface area contributed by atoms with Crippen LogP contribution in [0.1, 0.15) is 41.3 Å². The van der Waals surface area contributed by atoms with E-state index in [9.17, 15) is 13.2 Å². The van der Waals surface area contributed by atoms with Crippen LogP contribution in [0.25, 0.3) is 0 Å². The number of carbonyl (C=O) groups excluding carboxylic acids is 1. The fourth-order valence-corrected chi connectivity index (χ4v) is 7.96. The lowest BCUT2D eigenvalue weighted by Gasteiger charge is -2.40. The lowest BCUT2D eigenvalue weighted by molar-refractivity contribution is 0.0140. The van der Waals surface area contributed by atoms with Gasteiger partial charge in [-0.3, -0.25) is 9.69 Å². The van der Waals surface area contributed by atoms with Crippen molar-refractivity contribution in [2.45, 2.75) is 43.7 Å². The molecule has 2 aliphatic rings. The van der Waals surface area contributed by atoms with Crippen LogP contribution < -0.4 is 5.32 Å². The van der Waals surface area contributed by atoms with E-state index in [1.807, 2.05) is 12.1 Å². The van der Waals surface area contributed by atoms with E-state index in [1.165, 1.54) is 6.07 Å². The topological polar surface area (TPSA) is 79.0 Å². The smallest absolute Gasteiger partial charge is 0.251 e. The standard InChI is InChI=1S/C27H34Br2ClN3O4S/c1-2-38(35,36)26-4-3-21(30)15-20(26)18-31-27(34)19-16-24(28)23(25(29)17-19)5-8-32-9-11-33(12-10-32)22-6-13-37-14-7-22/h3-4,15-17,22H,2,5-14,18H2,1H3,(H,31,34). The number of hydrogen-bond donors (Lipinski definition) is 1. The number of rotatable bonds is 9. The first kappa shape index (κ1) is 30.0. The summed E-state index contributed by atoms with van der Waals surface area (Å²) in [4.78, 5) is 18.3. The van der Waals surface area contributed by atoms with Crippen molar-refractivity contribution in [2.75, 3.05) is 51.7 Å². The van der Waals surface area contributed by atoms with Crippen LogP contribution in [0.3, 0.4) is 0 Å². The summed E-state index contributed by atoms with van der Waals surface area (Å²) in [6.07, 6.45) is 3.14. The molecule has 0 aliphatic carbocycles. The van der Waals surface area contributed by atoms with Gasteiger partial charge in [-0.05, 0) is 60.7 Å². The molecule has 1 N–H and O–H groups in total. The number of benzene rings is 2. The van der Waals surface area contributed by atoms with Crippen LogP contribution in [-0.2, 0) is 27.5 Å². The lowest BCUT2D eigenvalue weighted by atomic mass is 10.1. The van der Waals surface area contributed by atoms with E-state index in [0.717, 1.165) is 79.7 Å². The predicted molar refractivity (Wildman–Crippen MR) is 158 cm³/mol. The molecule has 11 heteroatoms. The minimum Gasteiger partial charge on any atom is -0.381 e. The average molecular weight is 692 g/mol. The van der Waals surface area contributed by atoms with Gasteiger partial charge >= 0.3 is 0 Å². The molecule has 2 saturated heterocycles. The second-order valence-corrected chi connectivity index (χ2v) is 14.1. The first-order valence-corrected chi connectivity index (χ1v) is 16.6. The van der Waals surface area contributed by atoms with Gasteiger partial charge in [-0.25, -0.2) is 8.42 Å². The van der Waals surface area contributed by atoms with Gasteiger partial charge in [-0.2, -0.15) is 0 Å².